The van der Waals surface area contributed by atoms with Crippen LogP contribution in [0.2, 0.25) is 0 Å². The maximum Gasteiger partial charge on any atom is 0.0619 e. The summed E-state index contributed by atoms with van der Waals surface area (Å²) < 4.78 is 5.96. The van der Waals surface area contributed by atoms with Crippen LogP contribution in [0.1, 0.15) is 60.5 Å². The Bertz CT molecular complexity index is 469. The van der Waals surface area contributed by atoms with Crippen LogP contribution in [0.3, 0.4) is 0 Å². The molecule has 21 heavy (non-hydrogen) atoms. The van der Waals surface area contributed by atoms with Gasteiger partial charge < -0.3 is 10.1 Å². The van der Waals surface area contributed by atoms with E-state index in [0.717, 1.165) is 19.6 Å². The van der Waals surface area contributed by atoms with Crippen LogP contribution in [0, 0.1) is 33.6 Å². The third-order valence-corrected chi connectivity index (χ3v) is 5.25. The molecule has 2 nitrogen and oxygen atoms in total. The van der Waals surface area contributed by atoms with E-state index >= 15 is 0 Å². The predicted octanol–water partition coefficient (Wildman–Crippen LogP) is 4.39. The van der Waals surface area contributed by atoms with Crippen LogP contribution in [0.4, 0.5) is 0 Å². The lowest BCUT2D eigenvalue weighted by atomic mass is 9.81. The molecule has 0 saturated carbocycles. The number of hydrogen-bond acceptors (Lipinski definition) is 2. The van der Waals surface area contributed by atoms with Gasteiger partial charge in [-0.15, -0.1) is 0 Å². The third-order valence-electron chi connectivity index (χ3n) is 5.25. The minimum absolute atomic E-state index is 0.397. The molecule has 2 rings (SSSR count). The van der Waals surface area contributed by atoms with Gasteiger partial charge in [0.25, 0.3) is 0 Å². The Kier molecular flexibility index (Phi) is 5.45. The van der Waals surface area contributed by atoms with Gasteiger partial charge in [0.15, 0.2) is 0 Å². The number of nitrogens with one attached hydrogen (secondary N) is 1. The monoisotopic (exact) mass is 289 g/mol. The highest BCUT2D eigenvalue weighted by atomic mass is 16.5. The maximum atomic E-state index is 5.96. The fourth-order valence-corrected chi connectivity index (χ4v) is 3.87. The summed E-state index contributed by atoms with van der Waals surface area (Å²) in [6.07, 6.45) is 2.67. The van der Waals surface area contributed by atoms with Gasteiger partial charge in [0, 0.05) is 18.6 Å². The van der Waals surface area contributed by atoms with Crippen molar-refractivity contribution in [2.75, 3.05) is 13.2 Å². The Labute approximate surface area is 130 Å². The van der Waals surface area contributed by atoms with Crippen LogP contribution in [0.25, 0.3) is 0 Å². The van der Waals surface area contributed by atoms with Crippen LogP contribution in [-0.4, -0.2) is 19.3 Å². The lowest BCUT2D eigenvalue weighted by Gasteiger charge is -2.32. The maximum absolute atomic E-state index is 5.96. The molecule has 1 aromatic carbocycles. The van der Waals surface area contributed by atoms with Crippen LogP contribution in [0.5, 0.6) is 0 Å². The SMILES string of the molecule is CCNC(c1c(C)c(C)cc(C)c1C)C1CCOC1CC. The van der Waals surface area contributed by atoms with Gasteiger partial charge >= 0.3 is 0 Å². The summed E-state index contributed by atoms with van der Waals surface area (Å²) >= 11 is 0. The summed E-state index contributed by atoms with van der Waals surface area (Å²) in [5.41, 5.74) is 7.23. The first-order valence-corrected chi connectivity index (χ1v) is 8.43. The third kappa shape index (κ3) is 3.17. The first-order valence-electron chi connectivity index (χ1n) is 8.43. The number of hydrogen-bond donors (Lipinski definition) is 1. The molecule has 0 spiro atoms. The van der Waals surface area contributed by atoms with Crippen molar-refractivity contribution in [3.8, 4) is 0 Å². The molecule has 1 aromatic rings. The van der Waals surface area contributed by atoms with Crippen molar-refractivity contribution in [3.05, 3.63) is 33.9 Å². The Morgan fingerprint density at radius 3 is 2.29 bits per heavy atom. The van der Waals surface area contributed by atoms with E-state index in [-0.39, 0.29) is 0 Å². The van der Waals surface area contributed by atoms with Crippen molar-refractivity contribution in [2.24, 2.45) is 5.92 Å². The summed E-state index contributed by atoms with van der Waals surface area (Å²) in [5, 5.41) is 3.76. The molecule has 1 aliphatic heterocycles. The second-order valence-electron chi connectivity index (χ2n) is 6.48. The lowest BCUT2D eigenvalue weighted by Crippen LogP contribution is -2.34. The van der Waals surface area contributed by atoms with E-state index in [1.54, 1.807) is 0 Å². The standard InChI is InChI=1S/C19H31NO/c1-7-17-16(9-10-21-17)19(20-8-2)18-14(5)12(3)11-13(4)15(18)6/h11,16-17,19-20H,7-10H2,1-6H3. The molecule has 0 radical (unpaired) electrons. The molecular formula is C19H31NO. The Balaban J connectivity index is 2.48. The van der Waals surface area contributed by atoms with Gasteiger partial charge in [-0.05, 0) is 74.9 Å². The average Bonchev–Trinajstić information content (AvgIpc) is 2.92. The van der Waals surface area contributed by atoms with Gasteiger partial charge in [-0.1, -0.05) is 19.9 Å². The van der Waals surface area contributed by atoms with E-state index in [1.807, 2.05) is 0 Å². The highest BCUT2D eigenvalue weighted by molar-refractivity contribution is 5.46. The zero-order valence-corrected chi connectivity index (χ0v) is 14.5. The van der Waals surface area contributed by atoms with Gasteiger partial charge in [-0.3, -0.25) is 0 Å². The Morgan fingerprint density at radius 2 is 1.76 bits per heavy atom. The van der Waals surface area contributed by atoms with E-state index in [1.165, 1.54) is 34.2 Å². The van der Waals surface area contributed by atoms with Crippen LogP contribution < -0.4 is 5.32 Å². The Morgan fingerprint density at radius 1 is 1.14 bits per heavy atom. The van der Waals surface area contributed by atoms with Crippen molar-refractivity contribution < 1.29 is 4.74 Å². The normalized spacial score (nSPS) is 23.5. The molecule has 3 unspecified atom stereocenters. The number of rotatable bonds is 5. The van der Waals surface area contributed by atoms with Crippen molar-refractivity contribution in [1.29, 1.82) is 0 Å². The van der Waals surface area contributed by atoms with Crippen molar-refractivity contribution in [2.45, 2.75) is 66.5 Å². The molecule has 1 N–H and O–H groups in total. The Hall–Kier alpha value is -0.860. The second kappa shape index (κ2) is 6.93. The summed E-state index contributed by atoms with van der Waals surface area (Å²) in [4.78, 5) is 0. The zero-order chi connectivity index (χ0) is 15.6. The van der Waals surface area contributed by atoms with Crippen molar-refractivity contribution in [3.63, 3.8) is 0 Å². The smallest absolute Gasteiger partial charge is 0.0619 e. The fraction of sp³-hybridized carbons (Fsp3) is 0.684. The van der Waals surface area contributed by atoms with Crippen molar-refractivity contribution in [1.82, 2.24) is 5.32 Å². The highest BCUT2D eigenvalue weighted by Crippen LogP contribution is 2.38. The quantitative estimate of drug-likeness (QED) is 0.868. The average molecular weight is 289 g/mol. The summed E-state index contributed by atoms with van der Waals surface area (Å²) in [7, 11) is 0. The molecule has 1 fully saturated rings. The van der Waals surface area contributed by atoms with Crippen LogP contribution in [0.15, 0.2) is 6.07 Å². The molecular weight excluding hydrogens is 258 g/mol. The second-order valence-corrected chi connectivity index (χ2v) is 6.48. The van der Waals surface area contributed by atoms with Gasteiger partial charge in [-0.25, -0.2) is 0 Å². The number of ether oxygens (including phenoxy) is 1. The minimum atomic E-state index is 0.397. The molecule has 118 valence electrons. The first-order chi connectivity index (χ1) is 10.0. The van der Waals surface area contributed by atoms with Crippen LogP contribution >= 0.6 is 0 Å². The molecule has 2 heteroatoms. The van der Waals surface area contributed by atoms with E-state index in [0.29, 0.717) is 18.1 Å². The van der Waals surface area contributed by atoms with Crippen molar-refractivity contribution >= 4 is 0 Å². The minimum Gasteiger partial charge on any atom is -0.378 e. The van der Waals surface area contributed by atoms with Gasteiger partial charge in [0.1, 0.15) is 0 Å². The zero-order valence-electron chi connectivity index (χ0n) is 14.5. The van der Waals surface area contributed by atoms with Gasteiger partial charge in [0.05, 0.1) is 6.10 Å². The van der Waals surface area contributed by atoms with E-state index in [9.17, 15) is 0 Å². The molecule has 0 bridgehead atoms. The highest BCUT2D eigenvalue weighted by Gasteiger charge is 2.35. The molecule has 3 atom stereocenters. The molecule has 0 aliphatic carbocycles. The molecule has 0 aromatic heterocycles. The van der Waals surface area contributed by atoms with E-state index in [4.69, 9.17) is 4.74 Å². The number of benzene rings is 1. The topological polar surface area (TPSA) is 21.3 Å². The van der Waals surface area contributed by atoms with Gasteiger partial charge in [-0.2, -0.15) is 0 Å². The summed E-state index contributed by atoms with van der Waals surface area (Å²) in [6, 6.07) is 2.74. The first kappa shape index (κ1) is 16.5. The molecule has 1 heterocycles. The largest absolute Gasteiger partial charge is 0.378 e. The number of aryl methyl sites for hydroxylation is 2. The molecule has 1 saturated heterocycles. The van der Waals surface area contributed by atoms with Gasteiger partial charge in [0.2, 0.25) is 0 Å². The predicted molar refractivity (Wildman–Crippen MR) is 89.9 cm³/mol. The van der Waals surface area contributed by atoms with Crippen LogP contribution in [-0.2, 0) is 4.74 Å². The summed E-state index contributed by atoms with van der Waals surface area (Å²) in [5.74, 6) is 0.591. The van der Waals surface area contributed by atoms with E-state index < -0.39 is 0 Å². The fourth-order valence-electron chi connectivity index (χ4n) is 3.87. The van der Waals surface area contributed by atoms with E-state index in [2.05, 4.69) is 52.9 Å². The summed E-state index contributed by atoms with van der Waals surface area (Å²) in [6.45, 7) is 15.4. The molecule has 1 aliphatic rings. The molecule has 0 amide bonds. The lowest BCUT2D eigenvalue weighted by molar-refractivity contribution is 0.0774.